The first-order chi connectivity index (χ1) is 11.2. The number of rotatable bonds is 6. The molecule has 124 valence electrons. The van der Waals surface area contributed by atoms with Gasteiger partial charge in [-0.15, -0.1) is 0 Å². The second-order valence-electron chi connectivity index (χ2n) is 5.09. The quantitative estimate of drug-likeness (QED) is 0.821. The van der Waals surface area contributed by atoms with Gasteiger partial charge in [0.25, 0.3) is 0 Å². The molecule has 8 nitrogen and oxygen atoms in total. The molecule has 1 saturated heterocycles. The number of nitrogens with one attached hydrogen (secondary N) is 1. The largest absolute Gasteiger partial charge is 0.379 e. The number of morpholine rings is 1. The first-order valence-corrected chi connectivity index (χ1v) is 8.85. The molecule has 0 aliphatic carbocycles. The van der Waals surface area contributed by atoms with Gasteiger partial charge in [0, 0.05) is 38.2 Å². The topological polar surface area (TPSA) is 89.3 Å². The van der Waals surface area contributed by atoms with Crippen molar-refractivity contribution in [2.24, 2.45) is 0 Å². The van der Waals surface area contributed by atoms with Gasteiger partial charge in [0.2, 0.25) is 10.0 Å². The minimum absolute atomic E-state index is 0.206. The van der Waals surface area contributed by atoms with Crippen molar-refractivity contribution in [3.05, 3.63) is 36.8 Å². The molecule has 0 amide bonds. The zero-order valence-corrected chi connectivity index (χ0v) is 13.4. The molecule has 0 atom stereocenters. The fourth-order valence-electron chi connectivity index (χ4n) is 2.30. The minimum Gasteiger partial charge on any atom is -0.379 e. The molecule has 1 N–H and O–H groups in total. The molecular weight excluding hydrogens is 318 g/mol. The Kier molecular flexibility index (Phi) is 4.89. The third-order valence-corrected chi connectivity index (χ3v) is 5.43. The predicted molar refractivity (Wildman–Crippen MR) is 84.5 cm³/mol. The van der Waals surface area contributed by atoms with Crippen LogP contribution in [0.15, 0.2) is 41.7 Å². The zero-order valence-electron chi connectivity index (χ0n) is 12.6. The fraction of sp³-hybridized carbons (Fsp3) is 0.429. The van der Waals surface area contributed by atoms with Crippen LogP contribution in [0.25, 0.3) is 0 Å². The van der Waals surface area contributed by atoms with Crippen molar-refractivity contribution in [2.75, 3.05) is 38.2 Å². The van der Waals surface area contributed by atoms with E-state index in [2.05, 4.69) is 15.4 Å². The number of pyridine rings is 1. The number of nitrogens with zero attached hydrogens (tertiary/aromatic N) is 4. The van der Waals surface area contributed by atoms with Gasteiger partial charge >= 0.3 is 0 Å². The molecule has 9 heteroatoms. The first kappa shape index (κ1) is 15.9. The normalized spacial score (nSPS) is 16.3. The van der Waals surface area contributed by atoms with Gasteiger partial charge in [0.1, 0.15) is 10.7 Å². The Bertz CT molecular complexity index is 709. The van der Waals surface area contributed by atoms with E-state index in [9.17, 15) is 8.42 Å². The molecule has 0 unspecified atom stereocenters. The summed E-state index contributed by atoms with van der Waals surface area (Å²) in [6, 6.07) is 5.12. The van der Waals surface area contributed by atoms with Gasteiger partial charge in [0.15, 0.2) is 0 Å². The van der Waals surface area contributed by atoms with Crippen LogP contribution in [-0.2, 0) is 21.3 Å². The van der Waals surface area contributed by atoms with Crippen molar-refractivity contribution in [3.63, 3.8) is 0 Å². The maximum absolute atomic E-state index is 12.5. The molecule has 0 radical (unpaired) electrons. The van der Waals surface area contributed by atoms with E-state index < -0.39 is 10.0 Å². The van der Waals surface area contributed by atoms with Gasteiger partial charge in [-0.3, -0.25) is 4.68 Å². The summed E-state index contributed by atoms with van der Waals surface area (Å²) in [5.74, 6) is 0.637. The molecule has 0 spiro atoms. The third-order valence-electron chi connectivity index (χ3n) is 3.55. The molecule has 0 saturated carbocycles. The highest BCUT2D eigenvalue weighted by atomic mass is 32.2. The van der Waals surface area contributed by atoms with Gasteiger partial charge in [-0.05, 0) is 18.2 Å². The van der Waals surface area contributed by atoms with Gasteiger partial charge in [-0.1, -0.05) is 0 Å². The van der Waals surface area contributed by atoms with E-state index in [4.69, 9.17) is 4.74 Å². The summed E-state index contributed by atoms with van der Waals surface area (Å²) in [7, 11) is -3.49. The summed E-state index contributed by atoms with van der Waals surface area (Å²) >= 11 is 0. The van der Waals surface area contributed by atoms with Crippen molar-refractivity contribution in [1.29, 1.82) is 0 Å². The van der Waals surface area contributed by atoms with Gasteiger partial charge in [0.05, 0.1) is 19.8 Å². The van der Waals surface area contributed by atoms with Crippen LogP contribution in [-0.4, -0.2) is 60.3 Å². The summed E-state index contributed by atoms with van der Waals surface area (Å²) < 4.78 is 33.4. The summed E-state index contributed by atoms with van der Waals surface area (Å²) in [5.41, 5.74) is 0. The van der Waals surface area contributed by atoms with Crippen LogP contribution >= 0.6 is 0 Å². The average Bonchev–Trinajstić information content (AvgIpc) is 3.10. The highest BCUT2D eigenvalue weighted by molar-refractivity contribution is 7.89. The number of hydrogen-bond donors (Lipinski definition) is 1. The van der Waals surface area contributed by atoms with Crippen LogP contribution in [0.5, 0.6) is 0 Å². The van der Waals surface area contributed by atoms with E-state index in [1.165, 1.54) is 10.5 Å². The lowest BCUT2D eigenvalue weighted by Crippen LogP contribution is -2.40. The highest BCUT2D eigenvalue weighted by Gasteiger charge is 2.26. The van der Waals surface area contributed by atoms with Crippen LogP contribution in [0.4, 0.5) is 5.82 Å². The van der Waals surface area contributed by atoms with Gasteiger partial charge < -0.3 is 10.1 Å². The maximum Gasteiger partial charge on any atom is 0.244 e. The SMILES string of the molecule is O=S(=O)(c1ccc(NCCn2cccn2)nc1)N1CCOCC1. The Morgan fingerprint density at radius 2 is 2.09 bits per heavy atom. The molecule has 0 bridgehead atoms. The van der Waals surface area contributed by atoms with Crippen LogP contribution < -0.4 is 5.32 Å². The van der Waals surface area contributed by atoms with E-state index >= 15 is 0 Å². The van der Waals surface area contributed by atoms with E-state index in [1.807, 2.05) is 16.9 Å². The molecule has 3 rings (SSSR count). The number of sulfonamides is 1. The van der Waals surface area contributed by atoms with Gasteiger partial charge in [-0.2, -0.15) is 9.40 Å². The minimum atomic E-state index is -3.49. The van der Waals surface area contributed by atoms with Crippen LogP contribution in [0.3, 0.4) is 0 Å². The number of aromatic nitrogens is 3. The zero-order chi connectivity index (χ0) is 16.1. The van der Waals surface area contributed by atoms with Crippen molar-refractivity contribution in [1.82, 2.24) is 19.1 Å². The van der Waals surface area contributed by atoms with Crippen molar-refractivity contribution < 1.29 is 13.2 Å². The lowest BCUT2D eigenvalue weighted by Gasteiger charge is -2.25. The molecule has 2 aromatic rings. The monoisotopic (exact) mass is 337 g/mol. The lowest BCUT2D eigenvalue weighted by atomic mass is 10.4. The second-order valence-corrected chi connectivity index (χ2v) is 7.03. The molecule has 1 fully saturated rings. The van der Waals surface area contributed by atoms with E-state index in [-0.39, 0.29) is 4.90 Å². The number of hydrogen-bond acceptors (Lipinski definition) is 6. The van der Waals surface area contributed by atoms with E-state index in [0.29, 0.717) is 45.2 Å². The Labute approximate surface area is 135 Å². The van der Waals surface area contributed by atoms with Crippen molar-refractivity contribution >= 4 is 15.8 Å². The van der Waals surface area contributed by atoms with Gasteiger partial charge in [-0.25, -0.2) is 13.4 Å². The summed E-state index contributed by atoms with van der Waals surface area (Å²) in [4.78, 5) is 4.39. The highest BCUT2D eigenvalue weighted by Crippen LogP contribution is 2.17. The molecule has 2 aromatic heterocycles. The lowest BCUT2D eigenvalue weighted by molar-refractivity contribution is 0.0730. The number of ether oxygens (including phenoxy) is 1. The fourth-order valence-corrected chi connectivity index (χ4v) is 3.66. The summed E-state index contributed by atoms with van der Waals surface area (Å²) in [5, 5.41) is 7.25. The smallest absolute Gasteiger partial charge is 0.244 e. The molecule has 23 heavy (non-hydrogen) atoms. The predicted octanol–water partition coefficient (Wildman–Crippen LogP) is 0.411. The Hall–Kier alpha value is -1.97. The molecule has 1 aliphatic heterocycles. The van der Waals surface area contributed by atoms with Crippen molar-refractivity contribution in [2.45, 2.75) is 11.4 Å². The molecular formula is C14H19N5O3S. The molecule has 1 aliphatic rings. The van der Waals surface area contributed by atoms with Crippen LogP contribution in [0.2, 0.25) is 0 Å². The average molecular weight is 337 g/mol. The number of anilines is 1. The molecule has 3 heterocycles. The van der Waals surface area contributed by atoms with E-state index in [1.54, 1.807) is 18.3 Å². The maximum atomic E-state index is 12.5. The van der Waals surface area contributed by atoms with Crippen LogP contribution in [0, 0.1) is 0 Å². The Morgan fingerprint density at radius 1 is 1.26 bits per heavy atom. The summed E-state index contributed by atoms with van der Waals surface area (Å²) in [6.45, 7) is 2.99. The van der Waals surface area contributed by atoms with E-state index in [0.717, 1.165) is 0 Å². The first-order valence-electron chi connectivity index (χ1n) is 7.41. The van der Waals surface area contributed by atoms with Crippen LogP contribution in [0.1, 0.15) is 0 Å². The Balaban J connectivity index is 1.59. The standard InChI is InChI=1S/C14H19N5O3S/c20-23(21,19-8-10-22-11-9-19)13-2-3-14(16-12-13)15-5-7-18-6-1-4-17-18/h1-4,6,12H,5,7-11H2,(H,15,16). The summed E-state index contributed by atoms with van der Waals surface area (Å²) in [6.07, 6.45) is 5.00. The third kappa shape index (κ3) is 3.87. The van der Waals surface area contributed by atoms with Crippen molar-refractivity contribution in [3.8, 4) is 0 Å². The second kappa shape index (κ2) is 7.07. The Morgan fingerprint density at radius 3 is 2.74 bits per heavy atom. The molecule has 0 aromatic carbocycles.